The quantitative estimate of drug-likeness (QED) is 0.588. The number of carbonyl (C=O) groups excluding carboxylic acids is 2. The lowest BCUT2D eigenvalue weighted by molar-refractivity contribution is -0.143. The van der Waals surface area contributed by atoms with E-state index in [0.29, 0.717) is 37.4 Å². The number of hydrogen-bond acceptors (Lipinski definition) is 4. The van der Waals surface area contributed by atoms with Gasteiger partial charge in [-0.1, -0.05) is 12.1 Å². The molecule has 0 radical (unpaired) electrons. The Morgan fingerprint density at radius 3 is 2.67 bits per heavy atom. The van der Waals surface area contributed by atoms with E-state index in [1.54, 1.807) is 31.2 Å². The van der Waals surface area contributed by atoms with Gasteiger partial charge in [-0.3, -0.25) is 9.59 Å². The molecule has 5 nitrogen and oxygen atoms in total. The average Bonchev–Trinajstić information content (AvgIpc) is 2.35. The van der Waals surface area contributed by atoms with Crippen molar-refractivity contribution < 1.29 is 19.1 Å². The average molecular weight is 251 g/mol. The highest BCUT2D eigenvalue weighted by atomic mass is 16.5. The van der Waals surface area contributed by atoms with Gasteiger partial charge in [-0.25, -0.2) is 0 Å². The minimum absolute atomic E-state index is 0.246. The second-order valence-electron chi connectivity index (χ2n) is 3.62. The van der Waals surface area contributed by atoms with Gasteiger partial charge in [-0.2, -0.15) is 0 Å². The van der Waals surface area contributed by atoms with Crippen LogP contribution in [0.25, 0.3) is 0 Å². The standard InChI is InChI=1S/C13H17NO4/c1-2-17-12(15)8-5-9-18-11-7-4-3-6-10(11)13(14)16/h3-4,6-7H,2,5,8-9H2,1H3,(H2,14,16). The zero-order valence-electron chi connectivity index (χ0n) is 10.3. The van der Waals surface area contributed by atoms with Crippen LogP contribution in [0.4, 0.5) is 0 Å². The van der Waals surface area contributed by atoms with Gasteiger partial charge in [0.15, 0.2) is 0 Å². The Balaban J connectivity index is 2.40. The topological polar surface area (TPSA) is 78.6 Å². The molecule has 0 unspecified atom stereocenters. The SMILES string of the molecule is CCOC(=O)CCCOc1ccccc1C(N)=O. The van der Waals surface area contributed by atoms with E-state index in [1.165, 1.54) is 0 Å². The number of primary amides is 1. The summed E-state index contributed by atoms with van der Waals surface area (Å²) >= 11 is 0. The highest BCUT2D eigenvalue weighted by molar-refractivity contribution is 5.95. The lowest BCUT2D eigenvalue weighted by Crippen LogP contribution is -2.13. The van der Waals surface area contributed by atoms with Gasteiger partial charge in [-0.05, 0) is 25.5 Å². The van der Waals surface area contributed by atoms with Crippen molar-refractivity contribution >= 4 is 11.9 Å². The molecule has 0 aliphatic carbocycles. The van der Waals surface area contributed by atoms with Crippen molar-refractivity contribution in [2.45, 2.75) is 19.8 Å². The summed E-state index contributed by atoms with van der Waals surface area (Å²) < 4.78 is 10.2. The minimum atomic E-state index is -0.531. The van der Waals surface area contributed by atoms with Crippen LogP contribution in [0.5, 0.6) is 5.75 Å². The fourth-order valence-electron chi connectivity index (χ4n) is 1.43. The molecule has 5 heteroatoms. The van der Waals surface area contributed by atoms with Crippen molar-refractivity contribution in [1.29, 1.82) is 0 Å². The summed E-state index contributed by atoms with van der Waals surface area (Å²) in [6.45, 7) is 2.48. The summed E-state index contributed by atoms with van der Waals surface area (Å²) in [5.41, 5.74) is 5.55. The molecule has 0 fully saturated rings. The first-order valence-electron chi connectivity index (χ1n) is 5.82. The molecule has 2 N–H and O–H groups in total. The maximum atomic E-state index is 11.1. The molecule has 98 valence electrons. The smallest absolute Gasteiger partial charge is 0.305 e. The summed E-state index contributed by atoms with van der Waals surface area (Å²) in [4.78, 5) is 22.2. The number of hydrogen-bond donors (Lipinski definition) is 1. The lowest BCUT2D eigenvalue weighted by Gasteiger charge is -2.08. The first-order valence-corrected chi connectivity index (χ1v) is 5.82. The fourth-order valence-corrected chi connectivity index (χ4v) is 1.43. The number of ether oxygens (including phenoxy) is 2. The van der Waals surface area contributed by atoms with Crippen LogP contribution in [-0.4, -0.2) is 25.1 Å². The molecule has 0 bridgehead atoms. The summed E-state index contributed by atoms with van der Waals surface area (Å²) in [7, 11) is 0. The summed E-state index contributed by atoms with van der Waals surface area (Å²) in [5, 5.41) is 0. The van der Waals surface area contributed by atoms with Crippen LogP contribution in [0.1, 0.15) is 30.1 Å². The summed E-state index contributed by atoms with van der Waals surface area (Å²) in [5.74, 6) is -0.339. The largest absolute Gasteiger partial charge is 0.493 e. The van der Waals surface area contributed by atoms with Gasteiger partial charge >= 0.3 is 5.97 Å². The van der Waals surface area contributed by atoms with Crippen LogP contribution in [-0.2, 0) is 9.53 Å². The molecule has 0 aromatic heterocycles. The number of esters is 1. The highest BCUT2D eigenvalue weighted by Gasteiger charge is 2.08. The van der Waals surface area contributed by atoms with Crippen molar-refractivity contribution in [3.63, 3.8) is 0 Å². The van der Waals surface area contributed by atoms with Crippen molar-refractivity contribution in [2.24, 2.45) is 5.73 Å². The molecule has 0 aliphatic rings. The Bertz CT molecular complexity index is 417. The zero-order chi connectivity index (χ0) is 13.4. The third-order valence-electron chi connectivity index (χ3n) is 2.24. The Labute approximate surface area is 106 Å². The van der Waals surface area contributed by atoms with Crippen molar-refractivity contribution in [1.82, 2.24) is 0 Å². The highest BCUT2D eigenvalue weighted by Crippen LogP contribution is 2.17. The maximum absolute atomic E-state index is 11.1. The van der Waals surface area contributed by atoms with E-state index >= 15 is 0 Å². The van der Waals surface area contributed by atoms with Gasteiger partial charge in [0.05, 0.1) is 18.8 Å². The Hall–Kier alpha value is -2.04. The van der Waals surface area contributed by atoms with E-state index in [-0.39, 0.29) is 5.97 Å². The van der Waals surface area contributed by atoms with E-state index in [0.717, 1.165) is 0 Å². The van der Waals surface area contributed by atoms with Crippen LogP contribution in [0.15, 0.2) is 24.3 Å². The molecule has 1 amide bonds. The van der Waals surface area contributed by atoms with Crippen molar-refractivity contribution in [3.8, 4) is 5.75 Å². The molecule has 1 aromatic carbocycles. The van der Waals surface area contributed by atoms with Gasteiger partial charge in [0.2, 0.25) is 0 Å². The summed E-state index contributed by atoms with van der Waals surface area (Å²) in [6, 6.07) is 6.74. The van der Waals surface area contributed by atoms with Gasteiger partial charge in [-0.15, -0.1) is 0 Å². The molecule has 18 heavy (non-hydrogen) atoms. The molecule has 0 atom stereocenters. The molecule has 0 spiro atoms. The Kier molecular flexibility index (Phi) is 5.70. The minimum Gasteiger partial charge on any atom is -0.493 e. The first kappa shape index (κ1) is 14.0. The maximum Gasteiger partial charge on any atom is 0.305 e. The van der Waals surface area contributed by atoms with E-state index in [9.17, 15) is 9.59 Å². The van der Waals surface area contributed by atoms with E-state index < -0.39 is 5.91 Å². The van der Waals surface area contributed by atoms with E-state index in [4.69, 9.17) is 15.2 Å². The molecular formula is C13H17NO4. The number of amides is 1. The van der Waals surface area contributed by atoms with Crippen molar-refractivity contribution in [3.05, 3.63) is 29.8 Å². The van der Waals surface area contributed by atoms with Gasteiger partial charge in [0, 0.05) is 6.42 Å². The van der Waals surface area contributed by atoms with E-state index in [2.05, 4.69) is 0 Å². The monoisotopic (exact) mass is 251 g/mol. The molecular weight excluding hydrogens is 234 g/mol. The van der Waals surface area contributed by atoms with Crippen molar-refractivity contribution in [2.75, 3.05) is 13.2 Å². The first-order chi connectivity index (χ1) is 8.65. The second kappa shape index (κ2) is 7.32. The Morgan fingerprint density at radius 1 is 1.28 bits per heavy atom. The van der Waals surface area contributed by atoms with Crippen LogP contribution in [0.3, 0.4) is 0 Å². The number of carbonyl (C=O) groups is 2. The van der Waals surface area contributed by atoms with Crippen LogP contribution in [0.2, 0.25) is 0 Å². The number of para-hydroxylation sites is 1. The fraction of sp³-hybridized carbons (Fsp3) is 0.385. The molecule has 0 heterocycles. The van der Waals surface area contributed by atoms with Gasteiger partial charge in [0.25, 0.3) is 5.91 Å². The predicted octanol–water partition coefficient (Wildman–Crippen LogP) is 1.51. The number of nitrogens with two attached hydrogens (primary N) is 1. The zero-order valence-corrected chi connectivity index (χ0v) is 10.3. The third-order valence-corrected chi connectivity index (χ3v) is 2.24. The van der Waals surface area contributed by atoms with E-state index in [1.807, 2.05) is 0 Å². The van der Waals surface area contributed by atoms with Crippen LogP contribution in [0, 0.1) is 0 Å². The van der Waals surface area contributed by atoms with Crippen LogP contribution < -0.4 is 10.5 Å². The number of rotatable bonds is 7. The summed E-state index contributed by atoms with van der Waals surface area (Å²) in [6.07, 6.45) is 0.832. The second-order valence-corrected chi connectivity index (χ2v) is 3.62. The normalized spacial score (nSPS) is 9.83. The van der Waals surface area contributed by atoms with Gasteiger partial charge < -0.3 is 15.2 Å². The molecule has 1 rings (SSSR count). The number of benzene rings is 1. The van der Waals surface area contributed by atoms with Crippen LogP contribution >= 0.6 is 0 Å². The third kappa shape index (κ3) is 4.45. The predicted molar refractivity (Wildman–Crippen MR) is 66.3 cm³/mol. The molecule has 0 saturated carbocycles. The molecule has 0 aliphatic heterocycles. The molecule has 0 saturated heterocycles. The van der Waals surface area contributed by atoms with Gasteiger partial charge in [0.1, 0.15) is 5.75 Å². The molecule has 1 aromatic rings. The lowest BCUT2D eigenvalue weighted by atomic mass is 10.2. The Morgan fingerprint density at radius 2 is 2.00 bits per heavy atom.